The van der Waals surface area contributed by atoms with Gasteiger partial charge in [0.15, 0.2) is 0 Å². The average Bonchev–Trinajstić information content (AvgIpc) is 2.74. The molecule has 5 nitrogen and oxygen atoms in total. The van der Waals surface area contributed by atoms with E-state index in [0.717, 1.165) is 26.2 Å². The molecule has 2 aromatic rings. The molecule has 2 aliphatic rings. The Morgan fingerprint density at radius 3 is 2.52 bits per heavy atom. The van der Waals surface area contributed by atoms with Gasteiger partial charge in [0.1, 0.15) is 5.82 Å². The number of carbonyl (C=O) groups is 1. The Bertz CT molecular complexity index is 845. The quantitative estimate of drug-likeness (QED) is 0.860. The van der Waals surface area contributed by atoms with Crippen molar-refractivity contribution in [2.24, 2.45) is 0 Å². The molecular weight excluding hydrogens is 369 g/mol. The third-order valence-electron chi connectivity index (χ3n) is 6.18. The molecule has 29 heavy (non-hydrogen) atoms. The maximum Gasteiger partial charge on any atom is 0.253 e. The van der Waals surface area contributed by atoms with Crippen molar-refractivity contribution in [1.82, 2.24) is 14.7 Å². The molecule has 154 valence electrons. The van der Waals surface area contributed by atoms with Gasteiger partial charge in [0, 0.05) is 50.9 Å². The van der Waals surface area contributed by atoms with Crippen LogP contribution in [-0.4, -0.2) is 76.6 Å². The normalized spacial score (nSPS) is 25.6. The van der Waals surface area contributed by atoms with Crippen LogP contribution in [0.5, 0.6) is 0 Å². The van der Waals surface area contributed by atoms with E-state index in [-0.39, 0.29) is 29.9 Å². The SMILES string of the molecule is CC1(CO)CN(Cc2ccccc2)CC2CN(C(=O)c3ccc(F)cc3)CCN21. The fourth-order valence-corrected chi connectivity index (χ4v) is 4.72. The van der Waals surface area contributed by atoms with E-state index in [9.17, 15) is 14.3 Å². The van der Waals surface area contributed by atoms with Crippen molar-refractivity contribution in [3.8, 4) is 0 Å². The predicted molar refractivity (Wildman–Crippen MR) is 110 cm³/mol. The molecule has 6 heteroatoms. The van der Waals surface area contributed by atoms with Crippen molar-refractivity contribution in [1.29, 1.82) is 0 Å². The van der Waals surface area contributed by atoms with E-state index < -0.39 is 0 Å². The molecule has 0 aliphatic carbocycles. The fraction of sp³-hybridized carbons (Fsp3) is 0.435. The van der Waals surface area contributed by atoms with E-state index in [2.05, 4.69) is 28.9 Å². The maximum absolute atomic E-state index is 13.2. The van der Waals surface area contributed by atoms with Crippen LogP contribution < -0.4 is 0 Å². The number of aliphatic hydroxyl groups excluding tert-OH is 1. The zero-order valence-corrected chi connectivity index (χ0v) is 16.8. The zero-order valence-electron chi connectivity index (χ0n) is 16.8. The van der Waals surface area contributed by atoms with E-state index in [0.29, 0.717) is 18.7 Å². The van der Waals surface area contributed by atoms with Gasteiger partial charge in [-0.2, -0.15) is 0 Å². The summed E-state index contributed by atoms with van der Waals surface area (Å²) in [6.45, 7) is 6.60. The summed E-state index contributed by atoms with van der Waals surface area (Å²) in [5.41, 5.74) is 1.43. The molecule has 2 aromatic carbocycles. The summed E-state index contributed by atoms with van der Waals surface area (Å²) in [4.78, 5) is 19.5. The van der Waals surface area contributed by atoms with Crippen LogP contribution in [0.25, 0.3) is 0 Å². The predicted octanol–water partition coefficient (Wildman–Crippen LogP) is 2.22. The van der Waals surface area contributed by atoms with E-state index in [4.69, 9.17) is 0 Å². The minimum absolute atomic E-state index is 0.0597. The van der Waals surface area contributed by atoms with Gasteiger partial charge in [0.05, 0.1) is 12.1 Å². The molecule has 0 bridgehead atoms. The van der Waals surface area contributed by atoms with Crippen LogP contribution >= 0.6 is 0 Å². The number of benzene rings is 2. The van der Waals surface area contributed by atoms with Crippen LogP contribution in [0.1, 0.15) is 22.8 Å². The lowest BCUT2D eigenvalue weighted by atomic mass is 9.91. The molecule has 2 fully saturated rings. The second kappa shape index (κ2) is 8.22. The van der Waals surface area contributed by atoms with E-state index in [1.807, 2.05) is 23.1 Å². The molecule has 0 aromatic heterocycles. The summed E-state index contributed by atoms with van der Waals surface area (Å²) < 4.78 is 13.2. The third-order valence-corrected chi connectivity index (χ3v) is 6.18. The number of hydrogen-bond acceptors (Lipinski definition) is 4. The Kier molecular flexibility index (Phi) is 5.67. The summed E-state index contributed by atoms with van der Waals surface area (Å²) in [5.74, 6) is -0.399. The molecule has 0 spiro atoms. The fourth-order valence-electron chi connectivity index (χ4n) is 4.72. The summed E-state index contributed by atoms with van der Waals surface area (Å²) in [7, 11) is 0. The molecule has 2 heterocycles. The lowest BCUT2D eigenvalue weighted by Gasteiger charge is -2.56. The van der Waals surface area contributed by atoms with Crippen molar-refractivity contribution in [3.63, 3.8) is 0 Å². The van der Waals surface area contributed by atoms with Crippen LogP contribution in [0.4, 0.5) is 4.39 Å². The van der Waals surface area contributed by atoms with E-state index in [1.165, 1.54) is 17.7 Å². The molecular formula is C23H28FN3O2. The Morgan fingerprint density at radius 2 is 1.83 bits per heavy atom. The molecule has 0 radical (unpaired) electrons. The topological polar surface area (TPSA) is 47.0 Å². The molecule has 2 atom stereocenters. The van der Waals surface area contributed by atoms with Gasteiger partial charge >= 0.3 is 0 Å². The number of fused-ring (bicyclic) bond motifs is 1. The average molecular weight is 397 g/mol. The van der Waals surface area contributed by atoms with Gasteiger partial charge in [-0.05, 0) is 36.8 Å². The number of carbonyl (C=O) groups excluding carboxylic acids is 1. The summed E-state index contributed by atoms with van der Waals surface area (Å²) in [6, 6.07) is 16.2. The highest BCUT2D eigenvalue weighted by Crippen LogP contribution is 2.29. The summed E-state index contributed by atoms with van der Waals surface area (Å²) in [5, 5.41) is 10.2. The largest absolute Gasteiger partial charge is 0.394 e. The summed E-state index contributed by atoms with van der Waals surface area (Å²) >= 11 is 0. The van der Waals surface area contributed by atoms with Crippen molar-refractivity contribution in [3.05, 3.63) is 71.5 Å². The first-order valence-electron chi connectivity index (χ1n) is 10.2. The Labute approximate surface area is 171 Å². The first kappa shape index (κ1) is 20.0. The first-order chi connectivity index (χ1) is 14.0. The highest BCUT2D eigenvalue weighted by atomic mass is 19.1. The Balaban J connectivity index is 1.50. The van der Waals surface area contributed by atoms with Crippen LogP contribution in [-0.2, 0) is 6.54 Å². The lowest BCUT2D eigenvalue weighted by molar-refractivity contribution is -0.0889. The third kappa shape index (κ3) is 4.20. The molecule has 2 aliphatic heterocycles. The minimum atomic E-state index is -0.339. The number of amides is 1. The van der Waals surface area contributed by atoms with E-state index in [1.54, 1.807) is 12.1 Å². The van der Waals surface area contributed by atoms with Crippen LogP contribution in [0.2, 0.25) is 0 Å². The van der Waals surface area contributed by atoms with Gasteiger partial charge < -0.3 is 10.0 Å². The summed E-state index contributed by atoms with van der Waals surface area (Å²) in [6.07, 6.45) is 0. The first-order valence-corrected chi connectivity index (χ1v) is 10.2. The number of aliphatic hydroxyl groups is 1. The smallest absolute Gasteiger partial charge is 0.253 e. The van der Waals surface area contributed by atoms with Crippen molar-refractivity contribution >= 4 is 5.91 Å². The van der Waals surface area contributed by atoms with Gasteiger partial charge in [-0.15, -0.1) is 0 Å². The van der Waals surface area contributed by atoms with Gasteiger partial charge in [-0.25, -0.2) is 4.39 Å². The maximum atomic E-state index is 13.2. The van der Waals surface area contributed by atoms with E-state index >= 15 is 0 Å². The molecule has 0 saturated carbocycles. The Hall–Kier alpha value is -2.28. The Morgan fingerprint density at radius 1 is 1.10 bits per heavy atom. The monoisotopic (exact) mass is 397 g/mol. The molecule has 1 N–H and O–H groups in total. The van der Waals surface area contributed by atoms with Crippen LogP contribution in [0.15, 0.2) is 54.6 Å². The van der Waals surface area contributed by atoms with Gasteiger partial charge in [0.25, 0.3) is 5.91 Å². The second-order valence-electron chi connectivity index (χ2n) is 8.42. The van der Waals surface area contributed by atoms with Gasteiger partial charge in [-0.3, -0.25) is 14.6 Å². The molecule has 1 amide bonds. The van der Waals surface area contributed by atoms with Crippen molar-refractivity contribution in [2.45, 2.75) is 25.0 Å². The number of nitrogens with zero attached hydrogens (tertiary/aromatic N) is 3. The lowest BCUT2D eigenvalue weighted by Crippen LogP contribution is -2.71. The highest BCUT2D eigenvalue weighted by Gasteiger charge is 2.45. The molecule has 2 unspecified atom stereocenters. The van der Waals surface area contributed by atoms with Crippen LogP contribution in [0.3, 0.4) is 0 Å². The van der Waals surface area contributed by atoms with Crippen molar-refractivity contribution < 1.29 is 14.3 Å². The van der Waals surface area contributed by atoms with Gasteiger partial charge in [0.2, 0.25) is 0 Å². The molecule has 4 rings (SSSR count). The number of piperazine rings is 2. The number of hydrogen-bond donors (Lipinski definition) is 1. The molecule has 2 saturated heterocycles. The minimum Gasteiger partial charge on any atom is -0.394 e. The van der Waals surface area contributed by atoms with Crippen LogP contribution in [0, 0.1) is 5.82 Å². The number of halogens is 1. The highest BCUT2D eigenvalue weighted by molar-refractivity contribution is 5.94. The van der Waals surface area contributed by atoms with Gasteiger partial charge in [-0.1, -0.05) is 30.3 Å². The van der Waals surface area contributed by atoms with Crippen molar-refractivity contribution in [2.75, 3.05) is 39.3 Å². The standard InChI is InChI=1S/C23H28FN3O2/c1-23(17-28)16-25(13-18-5-3-2-4-6-18)14-21-15-26(11-12-27(21)23)22(29)19-7-9-20(24)10-8-19/h2-10,21,28H,11-17H2,1H3. The second-order valence-corrected chi connectivity index (χ2v) is 8.42. The zero-order chi connectivity index (χ0) is 20.4. The number of rotatable bonds is 4.